The van der Waals surface area contributed by atoms with Gasteiger partial charge in [0.25, 0.3) is 11.5 Å². The molecule has 3 heterocycles. The molecule has 0 aromatic carbocycles. The Morgan fingerprint density at radius 1 is 1.48 bits per heavy atom. The largest absolute Gasteiger partial charge is 0.391 e. The van der Waals surface area contributed by atoms with Crippen LogP contribution in [0.3, 0.4) is 0 Å². The number of pyridine rings is 1. The monoisotopic (exact) mass is 336 g/mol. The van der Waals surface area contributed by atoms with Crippen LogP contribution in [0.4, 0.5) is 0 Å². The van der Waals surface area contributed by atoms with Gasteiger partial charge in [0.05, 0.1) is 17.4 Å². The number of aromatic amines is 2. The second-order valence-corrected chi connectivity index (χ2v) is 6.26. The van der Waals surface area contributed by atoms with Crippen molar-refractivity contribution in [3.8, 4) is 0 Å². The smallest absolute Gasteiger partial charge is 0.266 e. The van der Waals surface area contributed by atoms with Crippen molar-refractivity contribution in [2.45, 2.75) is 19.4 Å². The fourth-order valence-corrected chi connectivity index (χ4v) is 3.00. The molecule has 2 atom stereocenters. The highest BCUT2D eigenvalue weighted by Gasteiger charge is 2.34. The van der Waals surface area contributed by atoms with Crippen LogP contribution in [0.2, 0.25) is 5.02 Å². The van der Waals surface area contributed by atoms with Crippen LogP contribution in [-0.4, -0.2) is 50.3 Å². The number of nitrogens with one attached hydrogen (secondary N) is 2. The molecule has 3 rings (SSSR count). The number of aromatic nitrogens is 3. The zero-order valence-electron chi connectivity index (χ0n) is 12.5. The lowest BCUT2D eigenvalue weighted by molar-refractivity contribution is 0.0764. The Hall–Kier alpha value is -2.12. The standard InChI is InChI=1S/C15H17ClN4O3/c1-8-2-11(19-18-8)3-10-6-20(7-13(10)21)15(23)9-4-12(16)14(22)17-5-9/h2,4-5,10,13,21H,3,6-7H2,1H3,(H,17,22)(H,18,19)/t10-,13-/m1/s1. The summed E-state index contributed by atoms with van der Waals surface area (Å²) in [7, 11) is 0. The molecule has 0 unspecified atom stereocenters. The highest BCUT2D eigenvalue weighted by atomic mass is 35.5. The van der Waals surface area contributed by atoms with Crippen LogP contribution in [-0.2, 0) is 6.42 Å². The molecule has 2 aromatic heterocycles. The van der Waals surface area contributed by atoms with Crippen LogP contribution in [0, 0.1) is 12.8 Å². The molecule has 0 saturated carbocycles. The van der Waals surface area contributed by atoms with E-state index in [1.165, 1.54) is 12.3 Å². The van der Waals surface area contributed by atoms with E-state index in [1.807, 2.05) is 13.0 Å². The zero-order valence-corrected chi connectivity index (χ0v) is 13.3. The van der Waals surface area contributed by atoms with Crippen molar-refractivity contribution in [3.63, 3.8) is 0 Å². The van der Waals surface area contributed by atoms with E-state index in [9.17, 15) is 14.7 Å². The van der Waals surface area contributed by atoms with Gasteiger partial charge in [-0.2, -0.15) is 5.10 Å². The summed E-state index contributed by atoms with van der Waals surface area (Å²) in [4.78, 5) is 27.7. The van der Waals surface area contributed by atoms with E-state index in [1.54, 1.807) is 4.90 Å². The lowest BCUT2D eigenvalue weighted by Crippen LogP contribution is -2.30. The van der Waals surface area contributed by atoms with Gasteiger partial charge in [0.2, 0.25) is 0 Å². The molecule has 7 nitrogen and oxygen atoms in total. The van der Waals surface area contributed by atoms with Crippen LogP contribution in [0.25, 0.3) is 0 Å². The summed E-state index contributed by atoms with van der Waals surface area (Å²) in [5, 5.41) is 17.2. The second-order valence-electron chi connectivity index (χ2n) is 5.85. The minimum atomic E-state index is -0.603. The van der Waals surface area contributed by atoms with E-state index in [4.69, 9.17) is 11.6 Å². The average Bonchev–Trinajstić information content (AvgIpc) is 3.08. The molecule has 0 spiro atoms. The van der Waals surface area contributed by atoms with Crippen molar-refractivity contribution >= 4 is 17.5 Å². The summed E-state index contributed by atoms with van der Waals surface area (Å²) in [5.74, 6) is -0.331. The molecule has 0 bridgehead atoms. The van der Waals surface area contributed by atoms with Gasteiger partial charge in [-0.25, -0.2) is 0 Å². The van der Waals surface area contributed by atoms with E-state index in [0.717, 1.165) is 11.4 Å². The van der Waals surface area contributed by atoms with Gasteiger partial charge >= 0.3 is 0 Å². The SMILES string of the molecule is Cc1cc(C[C@@H]2CN(C(=O)c3c[nH]c(=O)c(Cl)c3)C[C@H]2O)n[nH]1. The molecule has 8 heteroatoms. The van der Waals surface area contributed by atoms with E-state index in [0.29, 0.717) is 18.5 Å². The summed E-state index contributed by atoms with van der Waals surface area (Å²) >= 11 is 5.76. The topological polar surface area (TPSA) is 102 Å². The molecule has 122 valence electrons. The maximum Gasteiger partial charge on any atom is 0.266 e. The molecule has 23 heavy (non-hydrogen) atoms. The molecule has 0 radical (unpaired) electrons. The number of H-pyrrole nitrogens is 2. The summed E-state index contributed by atoms with van der Waals surface area (Å²) < 4.78 is 0. The number of likely N-dealkylation sites (tertiary alicyclic amines) is 1. The molecule has 0 aliphatic carbocycles. The molecule has 2 aromatic rings. The Morgan fingerprint density at radius 2 is 2.26 bits per heavy atom. The average molecular weight is 337 g/mol. The number of nitrogens with zero attached hydrogens (tertiary/aromatic N) is 2. The van der Waals surface area contributed by atoms with Crippen molar-refractivity contribution in [2.24, 2.45) is 5.92 Å². The Bertz CT molecular complexity index is 785. The quantitative estimate of drug-likeness (QED) is 0.769. The van der Waals surface area contributed by atoms with E-state index >= 15 is 0 Å². The number of hydrogen-bond donors (Lipinski definition) is 3. The van der Waals surface area contributed by atoms with Crippen molar-refractivity contribution in [3.05, 3.63) is 50.7 Å². The molecule has 1 aliphatic rings. The number of aryl methyl sites for hydroxylation is 1. The molecular formula is C15H17ClN4O3. The number of amides is 1. The first-order chi connectivity index (χ1) is 10.9. The first-order valence-electron chi connectivity index (χ1n) is 7.30. The van der Waals surface area contributed by atoms with Gasteiger partial charge in [-0.15, -0.1) is 0 Å². The highest BCUT2D eigenvalue weighted by molar-refractivity contribution is 6.30. The number of halogens is 1. The highest BCUT2D eigenvalue weighted by Crippen LogP contribution is 2.23. The van der Waals surface area contributed by atoms with Crippen molar-refractivity contribution in [1.82, 2.24) is 20.1 Å². The van der Waals surface area contributed by atoms with Gasteiger partial charge in [-0.1, -0.05) is 11.6 Å². The predicted octanol–water partition coefficient (Wildman–Crippen LogP) is 0.735. The molecule has 3 N–H and O–H groups in total. The lowest BCUT2D eigenvalue weighted by Gasteiger charge is -2.15. The zero-order chi connectivity index (χ0) is 16.6. The van der Waals surface area contributed by atoms with E-state index in [2.05, 4.69) is 15.2 Å². The van der Waals surface area contributed by atoms with Crippen LogP contribution in [0.1, 0.15) is 21.7 Å². The first-order valence-corrected chi connectivity index (χ1v) is 7.68. The third-order valence-corrected chi connectivity index (χ3v) is 4.31. The number of carbonyl (C=O) groups excluding carboxylic acids is 1. The van der Waals surface area contributed by atoms with Crippen LogP contribution >= 0.6 is 11.6 Å². The summed E-state index contributed by atoms with van der Waals surface area (Å²) in [6, 6.07) is 3.28. The van der Waals surface area contributed by atoms with E-state index in [-0.39, 0.29) is 23.4 Å². The predicted molar refractivity (Wildman–Crippen MR) is 84.5 cm³/mol. The summed E-state index contributed by atoms with van der Waals surface area (Å²) in [6.07, 6.45) is 1.34. The van der Waals surface area contributed by atoms with Crippen molar-refractivity contribution in [2.75, 3.05) is 13.1 Å². The number of β-amino-alcohol motifs (C(OH)–C–C–N with tert-alkyl or cyclic N) is 1. The Kier molecular flexibility index (Phi) is 4.23. The van der Waals surface area contributed by atoms with Gasteiger partial charge in [0, 0.05) is 30.9 Å². The number of rotatable bonds is 3. The normalized spacial score (nSPS) is 20.9. The second kappa shape index (κ2) is 6.17. The van der Waals surface area contributed by atoms with Crippen molar-refractivity contribution < 1.29 is 9.90 Å². The minimum Gasteiger partial charge on any atom is -0.391 e. The molecule has 1 aliphatic heterocycles. The van der Waals surface area contributed by atoms with Crippen molar-refractivity contribution in [1.29, 1.82) is 0 Å². The Balaban J connectivity index is 1.71. The third kappa shape index (κ3) is 3.30. The number of aliphatic hydroxyl groups is 1. The Morgan fingerprint density at radius 3 is 2.91 bits per heavy atom. The lowest BCUT2D eigenvalue weighted by atomic mass is 10.0. The number of hydrogen-bond acceptors (Lipinski definition) is 4. The van der Waals surface area contributed by atoms with Crippen LogP contribution in [0.15, 0.2) is 23.1 Å². The number of carbonyl (C=O) groups is 1. The molecule has 1 amide bonds. The van der Waals surface area contributed by atoms with Gasteiger partial charge in [0.1, 0.15) is 5.02 Å². The Labute approximate surface area is 137 Å². The fourth-order valence-electron chi connectivity index (χ4n) is 2.83. The summed E-state index contributed by atoms with van der Waals surface area (Å²) in [5.41, 5.74) is 1.70. The molecule has 1 fully saturated rings. The van der Waals surface area contributed by atoms with Gasteiger partial charge in [-0.05, 0) is 25.5 Å². The minimum absolute atomic E-state index is 0.0286. The first kappa shape index (κ1) is 15.8. The summed E-state index contributed by atoms with van der Waals surface area (Å²) in [6.45, 7) is 2.60. The number of aliphatic hydroxyl groups excluding tert-OH is 1. The van der Waals surface area contributed by atoms with Crippen LogP contribution < -0.4 is 5.56 Å². The van der Waals surface area contributed by atoms with E-state index < -0.39 is 11.7 Å². The fraction of sp³-hybridized carbons (Fsp3) is 0.400. The maximum atomic E-state index is 12.5. The van der Waals surface area contributed by atoms with Crippen LogP contribution in [0.5, 0.6) is 0 Å². The van der Waals surface area contributed by atoms with Gasteiger partial charge < -0.3 is 15.0 Å². The molecular weight excluding hydrogens is 320 g/mol. The molecule has 1 saturated heterocycles. The third-order valence-electron chi connectivity index (χ3n) is 4.03. The van der Waals surface area contributed by atoms with Gasteiger partial charge in [0.15, 0.2) is 0 Å². The maximum absolute atomic E-state index is 12.5. The van der Waals surface area contributed by atoms with Gasteiger partial charge in [-0.3, -0.25) is 14.7 Å².